The molecule has 1 aromatic heterocycles. The quantitative estimate of drug-likeness (QED) is 0.579. The fraction of sp³-hybridized carbons (Fsp3) is 0.391. The van der Waals surface area contributed by atoms with Crippen molar-refractivity contribution in [1.82, 2.24) is 14.5 Å². The zero-order valence-corrected chi connectivity index (χ0v) is 18.2. The molecule has 4 rings (SSSR count). The molecule has 2 aromatic carbocycles. The molecule has 0 saturated carbocycles. The summed E-state index contributed by atoms with van der Waals surface area (Å²) in [5.41, 5.74) is 2.42. The lowest BCUT2D eigenvalue weighted by Crippen LogP contribution is -2.36. The van der Waals surface area contributed by atoms with Crippen LogP contribution in [0.5, 0.6) is 6.01 Å². The van der Waals surface area contributed by atoms with Gasteiger partial charge < -0.3 is 14.4 Å². The van der Waals surface area contributed by atoms with Gasteiger partial charge in [-0.25, -0.2) is 4.79 Å². The molecule has 0 aliphatic carbocycles. The number of fused-ring (bicyclic) bond motifs is 1. The third-order valence-electron chi connectivity index (χ3n) is 4.92. The molecule has 0 N–H and O–H groups in total. The first-order valence-corrected chi connectivity index (χ1v) is 10.5. The number of benzene rings is 2. The second-order valence-electron chi connectivity index (χ2n) is 8.55. The number of ether oxygens (including phenoxy) is 2. The van der Waals surface area contributed by atoms with Gasteiger partial charge in [0.15, 0.2) is 0 Å². The first-order chi connectivity index (χ1) is 14.3. The van der Waals surface area contributed by atoms with Crippen molar-refractivity contribution >= 4 is 28.7 Å². The summed E-state index contributed by atoms with van der Waals surface area (Å²) in [4.78, 5) is 18.7. The first-order valence-electron chi connectivity index (χ1n) is 10.1. The lowest BCUT2D eigenvalue weighted by Gasteiger charge is -2.24. The molecule has 0 radical (unpaired) electrons. The van der Waals surface area contributed by atoms with E-state index in [2.05, 4.69) is 4.57 Å². The summed E-state index contributed by atoms with van der Waals surface area (Å²) in [6.07, 6.45) is 0.299. The molecular formula is C23H26ClN3O3. The maximum absolute atomic E-state index is 12.4. The molecule has 1 saturated heterocycles. The average molecular weight is 428 g/mol. The zero-order chi connectivity index (χ0) is 21.3. The molecule has 0 bridgehead atoms. The van der Waals surface area contributed by atoms with Crippen LogP contribution in [0.1, 0.15) is 32.8 Å². The molecule has 2 heterocycles. The van der Waals surface area contributed by atoms with Crippen molar-refractivity contribution in [1.29, 1.82) is 0 Å². The predicted octanol–water partition coefficient (Wildman–Crippen LogP) is 5.13. The average Bonchev–Trinajstić information content (AvgIpc) is 3.26. The number of hydrogen-bond acceptors (Lipinski definition) is 4. The van der Waals surface area contributed by atoms with Gasteiger partial charge in [-0.1, -0.05) is 35.9 Å². The van der Waals surface area contributed by atoms with Crippen molar-refractivity contribution < 1.29 is 14.3 Å². The number of halogens is 1. The summed E-state index contributed by atoms with van der Waals surface area (Å²) in [5, 5.41) is 0.697. The number of aromatic nitrogens is 2. The summed E-state index contributed by atoms with van der Waals surface area (Å²) < 4.78 is 13.8. The van der Waals surface area contributed by atoms with E-state index >= 15 is 0 Å². The Balaban J connectivity index is 1.54. The lowest BCUT2D eigenvalue weighted by atomic mass is 10.2. The number of nitrogens with zero attached hydrogens (tertiary/aromatic N) is 3. The Hall–Kier alpha value is -2.73. The van der Waals surface area contributed by atoms with Crippen LogP contribution in [0.2, 0.25) is 5.02 Å². The van der Waals surface area contributed by atoms with E-state index in [1.807, 2.05) is 69.3 Å². The number of carbonyl (C=O) groups is 1. The molecule has 0 spiro atoms. The fourth-order valence-electron chi connectivity index (χ4n) is 3.58. The van der Waals surface area contributed by atoms with Gasteiger partial charge in [0.05, 0.1) is 24.1 Å². The van der Waals surface area contributed by atoms with Crippen molar-refractivity contribution in [2.75, 3.05) is 13.1 Å². The van der Waals surface area contributed by atoms with Gasteiger partial charge in [0.2, 0.25) is 0 Å². The van der Waals surface area contributed by atoms with Gasteiger partial charge in [-0.15, -0.1) is 0 Å². The number of amides is 1. The van der Waals surface area contributed by atoms with Crippen molar-refractivity contribution in [3.63, 3.8) is 0 Å². The van der Waals surface area contributed by atoms with E-state index in [0.717, 1.165) is 23.0 Å². The number of carbonyl (C=O) groups excluding carboxylic acids is 1. The molecule has 1 aliphatic rings. The molecular weight excluding hydrogens is 402 g/mol. The smallest absolute Gasteiger partial charge is 0.410 e. The standard InChI is InChI=1S/C23H26ClN3O3/c1-23(2,3)30-22(28)26-12-11-18(15-26)29-21-25-19-9-4-5-10-20(19)27(21)14-16-7-6-8-17(24)13-16/h4-10,13,18H,11-12,14-15H2,1-3H3/t18-/m1/s1. The Morgan fingerprint density at radius 3 is 2.77 bits per heavy atom. The Kier molecular flexibility index (Phi) is 5.60. The molecule has 30 heavy (non-hydrogen) atoms. The molecule has 7 heteroatoms. The van der Waals surface area contributed by atoms with Crippen LogP contribution in [0.25, 0.3) is 11.0 Å². The van der Waals surface area contributed by atoms with Crippen LogP contribution in [-0.4, -0.2) is 45.3 Å². The highest BCUT2D eigenvalue weighted by molar-refractivity contribution is 6.30. The van der Waals surface area contributed by atoms with Crippen LogP contribution in [-0.2, 0) is 11.3 Å². The summed E-state index contributed by atoms with van der Waals surface area (Å²) in [6.45, 7) is 7.29. The van der Waals surface area contributed by atoms with E-state index in [1.165, 1.54) is 0 Å². The van der Waals surface area contributed by atoms with Gasteiger partial charge >= 0.3 is 6.09 Å². The maximum atomic E-state index is 12.4. The molecule has 0 unspecified atom stereocenters. The second kappa shape index (κ2) is 8.19. The molecule has 158 valence electrons. The van der Waals surface area contributed by atoms with Crippen molar-refractivity contribution in [3.05, 3.63) is 59.1 Å². The van der Waals surface area contributed by atoms with E-state index in [9.17, 15) is 4.79 Å². The number of likely N-dealkylation sites (tertiary alicyclic amines) is 1. The Morgan fingerprint density at radius 2 is 2.00 bits per heavy atom. The Morgan fingerprint density at radius 1 is 1.20 bits per heavy atom. The fourth-order valence-corrected chi connectivity index (χ4v) is 3.79. The molecule has 1 fully saturated rings. The zero-order valence-electron chi connectivity index (χ0n) is 17.5. The van der Waals surface area contributed by atoms with E-state index in [0.29, 0.717) is 30.7 Å². The SMILES string of the molecule is CC(C)(C)OC(=O)N1CC[C@@H](Oc2nc3ccccc3n2Cc2cccc(Cl)c2)C1. The largest absolute Gasteiger partial charge is 0.459 e. The molecule has 1 amide bonds. The highest BCUT2D eigenvalue weighted by Crippen LogP contribution is 2.26. The second-order valence-corrected chi connectivity index (χ2v) is 8.99. The normalized spacial score (nSPS) is 16.8. The van der Waals surface area contributed by atoms with Crippen LogP contribution in [0.15, 0.2) is 48.5 Å². The van der Waals surface area contributed by atoms with Gasteiger partial charge in [-0.2, -0.15) is 4.98 Å². The third-order valence-corrected chi connectivity index (χ3v) is 5.15. The Labute approximate surface area is 181 Å². The van der Waals surface area contributed by atoms with Crippen LogP contribution in [0.3, 0.4) is 0 Å². The summed E-state index contributed by atoms with van der Waals surface area (Å²) >= 11 is 6.17. The number of para-hydroxylation sites is 2. The predicted molar refractivity (Wildman–Crippen MR) is 117 cm³/mol. The third kappa shape index (κ3) is 4.70. The monoisotopic (exact) mass is 427 g/mol. The minimum atomic E-state index is -0.513. The van der Waals surface area contributed by atoms with Gasteiger partial charge in [-0.05, 0) is 50.6 Å². The summed E-state index contributed by atoms with van der Waals surface area (Å²) in [5.74, 6) is 0. The first kappa shape index (κ1) is 20.5. The molecule has 1 aliphatic heterocycles. The van der Waals surface area contributed by atoms with Gasteiger partial charge in [0, 0.05) is 18.0 Å². The highest BCUT2D eigenvalue weighted by Gasteiger charge is 2.32. The number of imidazole rings is 1. The van der Waals surface area contributed by atoms with Crippen molar-refractivity contribution in [2.24, 2.45) is 0 Å². The van der Waals surface area contributed by atoms with Crippen molar-refractivity contribution in [2.45, 2.75) is 45.4 Å². The van der Waals surface area contributed by atoms with Crippen LogP contribution >= 0.6 is 11.6 Å². The van der Waals surface area contributed by atoms with Crippen LogP contribution in [0.4, 0.5) is 4.79 Å². The molecule has 3 aromatic rings. The maximum Gasteiger partial charge on any atom is 0.410 e. The van der Waals surface area contributed by atoms with Crippen LogP contribution in [0, 0.1) is 0 Å². The lowest BCUT2D eigenvalue weighted by molar-refractivity contribution is 0.0273. The minimum absolute atomic E-state index is 0.132. The topological polar surface area (TPSA) is 56.6 Å². The molecule has 6 nitrogen and oxygen atoms in total. The van der Waals surface area contributed by atoms with Gasteiger partial charge in [0.1, 0.15) is 11.7 Å². The highest BCUT2D eigenvalue weighted by atomic mass is 35.5. The van der Waals surface area contributed by atoms with E-state index in [4.69, 9.17) is 26.1 Å². The van der Waals surface area contributed by atoms with E-state index in [-0.39, 0.29) is 12.2 Å². The minimum Gasteiger partial charge on any atom is -0.459 e. The molecule has 1 atom stereocenters. The van der Waals surface area contributed by atoms with E-state index in [1.54, 1.807) is 4.90 Å². The number of rotatable bonds is 4. The number of hydrogen-bond donors (Lipinski definition) is 0. The summed E-state index contributed by atoms with van der Waals surface area (Å²) in [6, 6.07) is 16.3. The van der Waals surface area contributed by atoms with Gasteiger partial charge in [-0.3, -0.25) is 4.57 Å². The van der Waals surface area contributed by atoms with Crippen LogP contribution < -0.4 is 4.74 Å². The van der Waals surface area contributed by atoms with E-state index < -0.39 is 5.60 Å². The van der Waals surface area contributed by atoms with Crippen molar-refractivity contribution in [3.8, 4) is 6.01 Å². The Bertz CT molecular complexity index is 1060. The van der Waals surface area contributed by atoms with Gasteiger partial charge in [0.25, 0.3) is 6.01 Å². The summed E-state index contributed by atoms with van der Waals surface area (Å²) in [7, 11) is 0.